The Kier molecular flexibility index (Phi) is 5.56. The van der Waals surface area contributed by atoms with Crippen LogP contribution in [0.15, 0.2) is 54.6 Å². The van der Waals surface area contributed by atoms with E-state index in [1.807, 2.05) is 43.3 Å². The van der Waals surface area contributed by atoms with Crippen molar-refractivity contribution in [3.05, 3.63) is 60.2 Å². The summed E-state index contributed by atoms with van der Waals surface area (Å²) in [5, 5.41) is 2.99. The van der Waals surface area contributed by atoms with Gasteiger partial charge < -0.3 is 10.1 Å². The lowest BCUT2D eigenvalue weighted by molar-refractivity contribution is -0.128. The topological polar surface area (TPSA) is 58.6 Å². The number of nitrogens with one attached hydrogen (secondary N) is 1. The van der Waals surface area contributed by atoms with Crippen molar-refractivity contribution in [2.75, 3.05) is 11.4 Å². The monoisotopic (exact) mass is 352 g/mol. The van der Waals surface area contributed by atoms with Crippen LogP contribution in [0, 0.1) is 0 Å². The number of carbonyl (C=O) groups excluding carboxylic acids is 2. The molecule has 0 bridgehead atoms. The van der Waals surface area contributed by atoms with E-state index < -0.39 is 6.10 Å². The van der Waals surface area contributed by atoms with Crippen LogP contribution in [0.2, 0.25) is 0 Å². The number of hydrogen-bond donors (Lipinski definition) is 1. The molecule has 0 aliphatic carbocycles. The van der Waals surface area contributed by atoms with E-state index >= 15 is 0 Å². The number of nitrogens with zero attached hydrogens (tertiary/aromatic N) is 1. The van der Waals surface area contributed by atoms with E-state index in [1.54, 1.807) is 13.0 Å². The molecule has 0 aromatic heterocycles. The summed E-state index contributed by atoms with van der Waals surface area (Å²) in [5.74, 6) is 0.267. The number of benzene rings is 2. The first kappa shape index (κ1) is 18.0. The lowest BCUT2D eigenvalue weighted by atomic mass is 10.1. The quantitative estimate of drug-likeness (QED) is 0.870. The Morgan fingerprint density at radius 2 is 1.85 bits per heavy atom. The lowest BCUT2D eigenvalue weighted by Gasteiger charge is -2.32. The van der Waals surface area contributed by atoms with Crippen molar-refractivity contribution < 1.29 is 14.3 Å². The largest absolute Gasteiger partial charge is 0.479 e. The van der Waals surface area contributed by atoms with Crippen molar-refractivity contribution in [2.24, 2.45) is 0 Å². The van der Waals surface area contributed by atoms with Gasteiger partial charge in [-0.3, -0.25) is 14.5 Å². The fraction of sp³-hybridized carbons (Fsp3) is 0.333. The maximum absolute atomic E-state index is 12.4. The zero-order valence-corrected chi connectivity index (χ0v) is 15.1. The standard InChI is InChI=1S/C21H24N2O3/c1-15(12-13-17-8-4-3-5-9-17)22-20(24)14-23-18-10-6-7-11-19(18)26-16(2)21(23)25/h3-11,15-16H,12-14H2,1-2H3,(H,22,24). The normalized spacial score (nSPS) is 17.2. The van der Waals surface area contributed by atoms with Gasteiger partial charge in [-0.05, 0) is 44.4 Å². The van der Waals surface area contributed by atoms with Crippen LogP contribution < -0.4 is 15.0 Å². The molecule has 3 rings (SSSR count). The summed E-state index contributed by atoms with van der Waals surface area (Å²) >= 11 is 0. The zero-order chi connectivity index (χ0) is 18.5. The van der Waals surface area contributed by atoms with Gasteiger partial charge in [0.05, 0.1) is 5.69 Å². The minimum absolute atomic E-state index is 0.000770. The summed E-state index contributed by atoms with van der Waals surface area (Å²) < 4.78 is 5.60. The second kappa shape index (κ2) is 8.04. The van der Waals surface area contributed by atoms with Gasteiger partial charge in [-0.1, -0.05) is 42.5 Å². The van der Waals surface area contributed by atoms with Gasteiger partial charge in [-0.2, -0.15) is 0 Å². The Morgan fingerprint density at radius 3 is 2.62 bits per heavy atom. The van der Waals surface area contributed by atoms with Crippen molar-refractivity contribution in [1.29, 1.82) is 0 Å². The molecule has 2 aromatic rings. The Hall–Kier alpha value is -2.82. The number of para-hydroxylation sites is 2. The molecule has 5 nitrogen and oxygen atoms in total. The third kappa shape index (κ3) is 4.23. The number of carbonyl (C=O) groups is 2. The molecular weight excluding hydrogens is 328 g/mol. The van der Waals surface area contributed by atoms with E-state index in [4.69, 9.17) is 4.74 Å². The lowest BCUT2D eigenvalue weighted by Crippen LogP contribution is -2.49. The van der Waals surface area contributed by atoms with E-state index in [-0.39, 0.29) is 24.4 Å². The minimum atomic E-state index is -0.590. The number of amides is 2. The van der Waals surface area contributed by atoms with Crippen LogP contribution in [0.1, 0.15) is 25.8 Å². The predicted molar refractivity (Wildman–Crippen MR) is 101 cm³/mol. The fourth-order valence-electron chi connectivity index (χ4n) is 3.09. The molecule has 0 fully saturated rings. The smallest absolute Gasteiger partial charge is 0.268 e. The molecule has 2 unspecified atom stereocenters. The number of fused-ring (bicyclic) bond motifs is 1. The van der Waals surface area contributed by atoms with Gasteiger partial charge >= 0.3 is 0 Å². The van der Waals surface area contributed by atoms with E-state index in [9.17, 15) is 9.59 Å². The first-order chi connectivity index (χ1) is 12.5. The molecule has 0 saturated heterocycles. The van der Waals surface area contributed by atoms with Crippen LogP contribution in [0.4, 0.5) is 5.69 Å². The van der Waals surface area contributed by atoms with Crippen LogP contribution >= 0.6 is 0 Å². The number of hydrogen-bond acceptors (Lipinski definition) is 3. The van der Waals surface area contributed by atoms with E-state index in [2.05, 4.69) is 17.4 Å². The summed E-state index contributed by atoms with van der Waals surface area (Å²) in [5.41, 5.74) is 1.89. The molecule has 0 saturated carbocycles. The average Bonchev–Trinajstić information content (AvgIpc) is 2.64. The highest BCUT2D eigenvalue weighted by atomic mass is 16.5. The molecule has 136 valence electrons. The highest BCUT2D eigenvalue weighted by Gasteiger charge is 2.32. The molecular formula is C21H24N2O3. The van der Waals surface area contributed by atoms with Gasteiger partial charge in [0.1, 0.15) is 12.3 Å². The number of aryl methyl sites for hydroxylation is 1. The van der Waals surface area contributed by atoms with Crippen molar-refractivity contribution in [2.45, 2.75) is 38.8 Å². The zero-order valence-electron chi connectivity index (χ0n) is 15.1. The molecule has 26 heavy (non-hydrogen) atoms. The molecule has 0 radical (unpaired) electrons. The van der Waals surface area contributed by atoms with Crippen LogP contribution in [0.5, 0.6) is 5.75 Å². The van der Waals surface area contributed by atoms with E-state index in [1.165, 1.54) is 10.5 Å². The molecule has 2 atom stereocenters. The Balaban J connectivity index is 1.58. The number of rotatable bonds is 6. The molecule has 1 N–H and O–H groups in total. The van der Waals surface area contributed by atoms with Crippen LogP contribution in [-0.4, -0.2) is 30.5 Å². The van der Waals surface area contributed by atoms with Gasteiger partial charge in [0.2, 0.25) is 5.91 Å². The first-order valence-corrected chi connectivity index (χ1v) is 8.95. The van der Waals surface area contributed by atoms with Crippen molar-refractivity contribution in [3.63, 3.8) is 0 Å². The molecule has 2 aromatic carbocycles. The SMILES string of the molecule is CC(CCc1ccccc1)NC(=O)CN1C(=O)C(C)Oc2ccccc21. The van der Waals surface area contributed by atoms with Crippen LogP contribution in [-0.2, 0) is 16.0 Å². The van der Waals surface area contributed by atoms with Crippen molar-refractivity contribution in [1.82, 2.24) is 5.32 Å². The highest BCUT2D eigenvalue weighted by molar-refractivity contribution is 6.03. The summed E-state index contributed by atoms with van der Waals surface area (Å²) in [4.78, 5) is 26.4. The molecule has 2 amide bonds. The number of ether oxygens (including phenoxy) is 1. The Labute approximate surface area is 154 Å². The molecule has 1 aliphatic rings. The summed E-state index contributed by atoms with van der Waals surface area (Å²) in [7, 11) is 0. The molecule has 1 aliphatic heterocycles. The van der Waals surface area contributed by atoms with Crippen LogP contribution in [0.3, 0.4) is 0 Å². The van der Waals surface area contributed by atoms with Crippen molar-refractivity contribution in [3.8, 4) is 5.75 Å². The molecule has 1 heterocycles. The maximum Gasteiger partial charge on any atom is 0.268 e. The Bertz CT molecular complexity index is 776. The first-order valence-electron chi connectivity index (χ1n) is 8.95. The van der Waals surface area contributed by atoms with E-state index in [0.29, 0.717) is 11.4 Å². The Morgan fingerprint density at radius 1 is 1.15 bits per heavy atom. The van der Waals surface area contributed by atoms with E-state index in [0.717, 1.165) is 12.8 Å². The highest BCUT2D eigenvalue weighted by Crippen LogP contribution is 2.33. The van der Waals surface area contributed by atoms with Gasteiger partial charge in [0.25, 0.3) is 5.91 Å². The molecule has 0 spiro atoms. The maximum atomic E-state index is 12.4. The van der Waals surface area contributed by atoms with Gasteiger partial charge in [0, 0.05) is 6.04 Å². The second-order valence-corrected chi connectivity index (χ2v) is 6.65. The summed E-state index contributed by atoms with van der Waals surface area (Å²) in [6.07, 6.45) is 1.16. The van der Waals surface area contributed by atoms with Crippen LogP contribution in [0.25, 0.3) is 0 Å². The minimum Gasteiger partial charge on any atom is -0.479 e. The van der Waals surface area contributed by atoms with Gasteiger partial charge in [-0.25, -0.2) is 0 Å². The summed E-state index contributed by atoms with van der Waals surface area (Å²) in [6, 6.07) is 17.5. The third-order valence-electron chi connectivity index (χ3n) is 4.49. The summed E-state index contributed by atoms with van der Waals surface area (Å²) in [6.45, 7) is 3.68. The third-order valence-corrected chi connectivity index (χ3v) is 4.49. The fourth-order valence-corrected chi connectivity index (χ4v) is 3.09. The van der Waals surface area contributed by atoms with Crippen molar-refractivity contribution >= 4 is 17.5 Å². The van der Waals surface area contributed by atoms with Gasteiger partial charge in [0.15, 0.2) is 6.10 Å². The second-order valence-electron chi connectivity index (χ2n) is 6.65. The van der Waals surface area contributed by atoms with Gasteiger partial charge in [-0.15, -0.1) is 0 Å². The molecule has 5 heteroatoms. The number of anilines is 1. The predicted octanol–water partition coefficient (Wildman–Crippen LogP) is 2.94. The average molecular weight is 352 g/mol.